The number of halogens is 4. The summed E-state index contributed by atoms with van der Waals surface area (Å²) in [5.74, 6) is -4.67. The van der Waals surface area contributed by atoms with E-state index in [1.165, 1.54) is 13.3 Å². The number of nitrogens with zero attached hydrogens (tertiary/aromatic N) is 2. The maximum absolute atomic E-state index is 14.1. The van der Waals surface area contributed by atoms with Crippen molar-refractivity contribution in [1.82, 2.24) is 10.3 Å². The van der Waals surface area contributed by atoms with Crippen LogP contribution in [0.3, 0.4) is 0 Å². The van der Waals surface area contributed by atoms with Gasteiger partial charge in [-0.3, -0.25) is 4.79 Å². The molecule has 1 aromatic heterocycles. The van der Waals surface area contributed by atoms with Gasteiger partial charge in [0.1, 0.15) is 11.6 Å². The molecule has 1 saturated carbocycles. The van der Waals surface area contributed by atoms with Gasteiger partial charge >= 0.3 is 0 Å². The Morgan fingerprint density at radius 2 is 1.85 bits per heavy atom. The molecular formula is C23H26F4N4O2. The monoisotopic (exact) mass is 466 g/mol. The third-order valence-corrected chi connectivity index (χ3v) is 6.20. The van der Waals surface area contributed by atoms with Crippen molar-refractivity contribution >= 4 is 11.6 Å². The van der Waals surface area contributed by atoms with Crippen molar-refractivity contribution in [2.75, 3.05) is 25.1 Å². The number of ether oxygens (including phenoxy) is 1. The molecule has 2 fully saturated rings. The van der Waals surface area contributed by atoms with Gasteiger partial charge in [0.2, 0.25) is 11.8 Å². The van der Waals surface area contributed by atoms with E-state index in [4.69, 9.17) is 10.5 Å². The van der Waals surface area contributed by atoms with Gasteiger partial charge in [-0.05, 0) is 37.0 Å². The van der Waals surface area contributed by atoms with Crippen LogP contribution in [0.5, 0.6) is 5.88 Å². The number of carbonyl (C=O) groups is 1. The van der Waals surface area contributed by atoms with Gasteiger partial charge in [-0.1, -0.05) is 0 Å². The minimum atomic E-state index is -2.71. The Labute approximate surface area is 189 Å². The molecule has 1 atom stereocenters. The maximum Gasteiger partial charge on any atom is 0.255 e. The number of nitrogens with two attached hydrogens (primary N) is 1. The number of alkyl halides is 2. The van der Waals surface area contributed by atoms with Crippen molar-refractivity contribution in [2.24, 2.45) is 5.73 Å². The molecular weight excluding hydrogens is 440 g/mol. The van der Waals surface area contributed by atoms with Crippen molar-refractivity contribution in [3.8, 4) is 17.0 Å². The molecule has 178 valence electrons. The van der Waals surface area contributed by atoms with Gasteiger partial charge < -0.3 is 20.7 Å². The summed E-state index contributed by atoms with van der Waals surface area (Å²) in [7, 11) is 1.38. The first kappa shape index (κ1) is 23.3. The number of methoxy groups -OCH3 is 1. The van der Waals surface area contributed by atoms with Crippen LogP contribution in [0.15, 0.2) is 24.4 Å². The number of amides is 1. The van der Waals surface area contributed by atoms with Gasteiger partial charge in [0, 0.05) is 50.3 Å². The minimum absolute atomic E-state index is 0.101. The largest absolute Gasteiger partial charge is 0.480 e. The van der Waals surface area contributed by atoms with E-state index in [2.05, 4.69) is 10.3 Å². The summed E-state index contributed by atoms with van der Waals surface area (Å²) in [5, 5.41) is 2.83. The Morgan fingerprint density at radius 3 is 2.42 bits per heavy atom. The average Bonchev–Trinajstić information content (AvgIpc) is 3.19. The fourth-order valence-corrected chi connectivity index (χ4v) is 4.53. The van der Waals surface area contributed by atoms with Gasteiger partial charge in [-0.2, -0.15) is 0 Å². The highest BCUT2D eigenvalue weighted by molar-refractivity contribution is 6.04. The quantitative estimate of drug-likeness (QED) is 0.654. The van der Waals surface area contributed by atoms with Crippen molar-refractivity contribution in [3.05, 3.63) is 41.6 Å². The Bertz CT molecular complexity index is 1020. The van der Waals surface area contributed by atoms with Crippen LogP contribution in [-0.2, 0) is 0 Å². The lowest BCUT2D eigenvalue weighted by Gasteiger charge is -2.30. The van der Waals surface area contributed by atoms with E-state index in [0.29, 0.717) is 25.2 Å². The minimum Gasteiger partial charge on any atom is -0.480 e. The zero-order chi connectivity index (χ0) is 23.8. The molecule has 0 radical (unpaired) electrons. The average molecular weight is 466 g/mol. The highest BCUT2D eigenvalue weighted by Crippen LogP contribution is 2.42. The van der Waals surface area contributed by atoms with E-state index >= 15 is 0 Å². The molecule has 1 saturated heterocycles. The SMILES string of the molecule is COc1ncc(C(=O)NC2CCC(F)(F)CC2)c(N2CC[C@H](N)C2)c1-c1cc(F)cc(F)c1. The zero-order valence-corrected chi connectivity index (χ0v) is 18.2. The number of nitrogens with one attached hydrogen (secondary N) is 1. The Balaban J connectivity index is 1.77. The molecule has 1 aliphatic heterocycles. The molecule has 0 unspecified atom stereocenters. The maximum atomic E-state index is 14.1. The van der Waals surface area contributed by atoms with E-state index in [-0.39, 0.29) is 54.3 Å². The molecule has 33 heavy (non-hydrogen) atoms. The predicted octanol–water partition coefficient (Wildman–Crippen LogP) is 3.88. The highest BCUT2D eigenvalue weighted by atomic mass is 19.3. The Morgan fingerprint density at radius 1 is 1.18 bits per heavy atom. The van der Waals surface area contributed by atoms with Crippen molar-refractivity contribution in [3.63, 3.8) is 0 Å². The first-order chi connectivity index (χ1) is 15.7. The number of hydrogen-bond donors (Lipinski definition) is 2. The van der Waals surface area contributed by atoms with Crippen LogP contribution in [-0.4, -0.2) is 49.1 Å². The number of rotatable bonds is 5. The lowest BCUT2D eigenvalue weighted by Crippen LogP contribution is -2.41. The molecule has 0 spiro atoms. The molecule has 6 nitrogen and oxygen atoms in total. The summed E-state index contributed by atoms with van der Waals surface area (Å²) >= 11 is 0. The van der Waals surface area contributed by atoms with Crippen molar-refractivity contribution in [2.45, 2.75) is 50.1 Å². The summed E-state index contributed by atoms with van der Waals surface area (Å²) in [6.45, 7) is 0.947. The molecule has 1 aromatic carbocycles. The molecule has 2 heterocycles. The Hall–Kier alpha value is -2.88. The van der Waals surface area contributed by atoms with Crippen molar-refractivity contribution < 1.29 is 27.1 Å². The summed E-state index contributed by atoms with van der Waals surface area (Å²) in [6, 6.07) is 2.50. The van der Waals surface area contributed by atoms with Crippen LogP contribution >= 0.6 is 0 Å². The normalized spacial score (nSPS) is 20.7. The summed E-state index contributed by atoms with van der Waals surface area (Å²) in [4.78, 5) is 19.4. The van der Waals surface area contributed by atoms with Gasteiger partial charge in [0.05, 0.1) is 23.9 Å². The molecule has 1 amide bonds. The van der Waals surface area contributed by atoms with Gasteiger partial charge in [0.25, 0.3) is 5.91 Å². The number of pyridine rings is 1. The first-order valence-corrected chi connectivity index (χ1v) is 10.9. The zero-order valence-electron chi connectivity index (χ0n) is 18.2. The third kappa shape index (κ3) is 5.05. The number of anilines is 1. The van der Waals surface area contributed by atoms with Crippen LogP contribution in [0.4, 0.5) is 23.2 Å². The van der Waals surface area contributed by atoms with E-state index < -0.39 is 29.5 Å². The summed E-state index contributed by atoms with van der Waals surface area (Å²) < 4.78 is 60.6. The standard InChI is InChI=1S/C23H26F4N4O2/c1-33-22-19(13-8-14(24)10-15(25)9-13)20(31-7-4-16(28)12-31)18(11-29-22)21(32)30-17-2-5-23(26,27)6-3-17/h8-11,16-17H,2-7,12,28H2,1H3,(H,30,32)/t16-/m0/s1. The lowest BCUT2D eigenvalue weighted by atomic mass is 9.92. The second-order valence-corrected chi connectivity index (χ2v) is 8.66. The predicted molar refractivity (Wildman–Crippen MR) is 116 cm³/mol. The number of benzene rings is 1. The first-order valence-electron chi connectivity index (χ1n) is 10.9. The van der Waals surface area contributed by atoms with E-state index in [1.807, 2.05) is 4.90 Å². The second kappa shape index (κ2) is 9.17. The molecule has 2 aliphatic rings. The molecule has 2 aromatic rings. The van der Waals surface area contributed by atoms with Crippen LogP contribution in [0.2, 0.25) is 0 Å². The molecule has 0 bridgehead atoms. The highest BCUT2D eigenvalue weighted by Gasteiger charge is 2.36. The molecule has 4 rings (SSSR count). The number of hydrogen-bond acceptors (Lipinski definition) is 5. The van der Waals surface area contributed by atoms with E-state index in [1.54, 1.807) is 0 Å². The van der Waals surface area contributed by atoms with Crippen LogP contribution in [0.25, 0.3) is 11.1 Å². The molecule has 3 N–H and O–H groups in total. The fourth-order valence-electron chi connectivity index (χ4n) is 4.53. The summed E-state index contributed by atoms with van der Waals surface area (Å²) in [6.07, 6.45) is 1.74. The number of carbonyl (C=O) groups excluding carboxylic acids is 1. The molecule has 10 heteroatoms. The van der Waals surface area contributed by atoms with Crippen molar-refractivity contribution in [1.29, 1.82) is 0 Å². The second-order valence-electron chi connectivity index (χ2n) is 8.66. The van der Waals surface area contributed by atoms with Crippen LogP contribution < -0.4 is 20.7 Å². The smallest absolute Gasteiger partial charge is 0.255 e. The van der Waals surface area contributed by atoms with Crippen LogP contribution in [0.1, 0.15) is 42.5 Å². The van der Waals surface area contributed by atoms with Gasteiger partial charge in [-0.15, -0.1) is 0 Å². The van der Waals surface area contributed by atoms with Crippen LogP contribution in [0, 0.1) is 11.6 Å². The Kier molecular flexibility index (Phi) is 6.47. The fraction of sp³-hybridized carbons (Fsp3) is 0.478. The van der Waals surface area contributed by atoms with Gasteiger partial charge in [-0.25, -0.2) is 22.5 Å². The van der Waals surface area contributed by atoms with Gasteiger partial charge in [0.15, 0.2) is 0 Å². The third-order valence-electron chi connectivity index (χ3n) is 6.20. The topological polar surface area (TPSA) is 80.5 Å². The van der Waals surface area contributed by atoms with E-state index in [0.717, 1.165) is 18.2 Å². The van der Waals surface area contributed by atoms with E-state index in [9.17, 15) is 22.4 Å². The lowest BCUT2D eigenvalue weighted by molar-refractivity contribution is -0.0399. The summed E-state index contributed by atoms with van der Waals surface area (Å²) in [5.41, 5.74) is 7.10. The molecule has 1 aliphatic carbocycles. The number of aromatic nitrogens is 1.